The molecule has 4 rings (SSSR count). The van der Waals surface area contributed by atoms with Crippen LogP contribution in [0.4, 0.5) is 0 Å². The van der Waals surface area contributed by atoms with E-state index < -0.39 is 5.60 Å². The van der Waals surface area contributed by atoms with Crippen molar-refractivity contribution in [2.24, 2.45) is 0 Å². The third-order valence-corrected chi connectivity index (χ3v) is 6.74. The van der Waals surface area contributed by atoms with Crippen LogP contribution in [0.15, 0.2) is 48.5 Å². The lowest BCUT2D eigenvalue weighted by Gasteiger charge is -2.43. The minimum Gasteiger partial charge on any atom is -0.490 e. The number of ether oxygens (including phenoxy) is 2. The van der Waals surface area contributed by atoms with E-state index in [4.69, 9.17) is 32.7 Å². The number of piperazine rings is 1. The summed E-state index contributed by atoms with van der Waals surface area (Å²) in [6.07, 6.45) is 0.127. The molecule has 2 aliphatic rings. The fourth-order valence-electron chi connectivity index (χ4n) is 4.25. The number of likely N-dealkylation sites (N-methyl/N-ethyl adjacent to an activating group) is 1. The number of nitrogens with zero attached hydrogens (tertiary/aromatic N) is 3. The molecule has 7 nitrogen and oxygen atoms in total. The molecule has 0 spiro atoms. The van der Waals surface area contributed by atoms with Gasteiger partial charge >= 0.3 is 0 Å². The number of hydrogen-bond acceptors (Lipinski definition) is 5. The summed E-state index contributed by atoms with van der Waals surface area (Å²) in [6, 6.07) is 13.9. The summed E-state index contributed by atoms with van der Waals surface area (Å²) in [7, 11) is 2.05. The molecule has 182 valence electrons. The molecule has 0 bridgehead atoms. The van der Waals surface area contributed by atoms with Crippen LogP contribution in [0.1, 0.15) is 16.8 Å². The highest BCUT2D eigenvalue weighted by molar-refractivity contribution is 6.31. The Hall–Kier alpha value is -2.32. The molecule has 0 radical (unpaired) electrons. The van der Waals surface area contributed by atoms with Gasteiger partial charge in [-0.2, -0.15) is 0 Å². The van der Waals surface area contributed by atoms with Crippen LogP contribution in [0.5, 0.6) is 5.75 Å². The van der Waals surface area contributed by atoms with Gasteiger partial charge in [-0.05, 0) is 49.5 Å². The van der Waals surface area contributed by atoms with Crippen LogP contribution in [-0.4, -0.2) is 91.6 Å². The average molecular weight is 506 g/mol. The lowest BCUT2D eigenvalue weighted by molar-refractivity contribution is -0.154. The van der Waals surface area contributed by atoms with E-state index >= 15 is 0 Å². The van der Waals surface area contributed by atoms with Crippen molar-refractivity contribution < 1.29 is 19.1 Å². The summed E-state index contributed by atoms with van der Waals surface area (Å²) in [5, 5.41) is 1.13. The largest absolute Gasteiger partial charge is 0.490 e. The third-order valence-electron chi connectivity index (χ3n) is 6.25. The Bertz CT molecular complexity index is 1010. The molecule has 0 N–H and O–H groups in total. The first-order chi connectivity index (χ1) is 16.3. The first-order valence-corrected chi connectivity index (χ1v) is 12.1. The molecule has 2 aliphatic heterocycles. The first-order valence-electron chi connectivity index (χ1n) is 11.4. The number of carbonyl (C=O) groups excluding carboxylic acids is 2. The Morgan fingerprint density at radius 2 is 1.71 bits per heavy atom. The summed E-state index contributed by atoms with van der Waals surface area (Å²) in [4.78, 5) is 32.3. The maximum absolute atomic E-state index is 13.3. The molecule has 2 aromatic carbocycles. The first kappa shape index (κ1) is 24.8. The van der Waals surface area contributed by atoms with E-state index in [2.05, 4.69) is 4.90 Å². The molecule has 34 heavy (non-hydrogen) atoms. The van der Waals surface area contributed by atoms with Crippen LogP contribution in [-0.2, 0) is 9.53 Å². The third kappa shape index (κ3) is 6.21. The molecule has 0 saturated carbocycles. The number of halogens is 2. The summed E-state index contributed by atoms with van der Waals surface area (Å²) in [5.41, 5.74) is -0.426. The molecular formula is C25H29Cl2N3O4. The quantitative estimate of drug-likeness (QED) is 0.601. The van der Waals surface area contributed by atoms with Gasteiger partial charge in [-0.1, -0.05) is 29.3 Å². The van der Waals surface area contributed by atoms with Gasteiger partial charge in [0.05, 0.1) is 19.6 Å². The van der Waals surface area contributed by atoms with Gasteiger partial charge in [-0.3, -0.25) is 9.59 Å². The lowest BCUT2D eigenvalue weighted by Crippen LogP contribution is -2.59. The lowest BCUT2D eigenvalue weighted by atomic mass is 9.96. The van der Waals surface area contributed by atoms with Crippen LogP contribution in [0.25, 0.3) is 0 Å². The summed E-state index contributed by atoms with van der Waals surface area (Å²) in [5.74, 6) is 0.464. The van der Waals surface area contributed by atoms with Crippen molar-refractivity contribution in [2.45, 2.75) is 12.0 Å². The molecule has 9 heteroatoms. The number of hydrogen-bond donors (Lipinski definition) is 0. The molecule has 0 aromatic heterocycles. The number of benzene rings is 2. The zero-order valence-corrected chi connectivity index (χ0v) is 20.7. The maximum atomic E-state index is 13.3. The van der Waals surface area contributed by atoms with E-state index in [1.54, 1.807) is 53.4 Å². The van der Waals surface area contributed by atoms with Crippen LogP contribution in [0, 0.1) is 0 Å². The Morgan fingerprint density at radius 3 is 2.41 bits per heavy atom. The molecule has 1 unspecified atom stereocenters. The van der Waals surface area contributed by atoms with E-state index in [1.165, 1.54) is 0 Å². The second-order valence-electron chi connectivity index (χ2n) is 8.87. The molecule has 2 heterocycles. The number of rotatable bonds is 6. The number of carbonyl (C=O) groups is 2. The van der Waals surface area contributed by atoms with Crippen molar-refractivity contribution >= 4 is 35.0 Å². The van der Waals surface area contributed by atoms with Gasteiger partial charge in [0.1, 0.15) is 18.0 Å². The van der Waals surface area contributed by atoms with Crippen LogP contribution in [0.3, 0.4) is 0 Å². The van der Waals surface area contributed by atoms with Gasteiger partial charge in [-0.25, -0.2) is 0 Å². The molecule has 1 atom stereocenters. The number of morpholine rings is 1. The Morgan fingerprint density at radius 1 is 0.971 bits per heavy atom. The summed E-state index contributed by atoms with van der Waals surface area (Å²) < 4.78 is 12.2. The van der Waals surface area contributed by atoms with Gasteiger partial charge in [0.2, 0.25) is 5.91 Å². The Balaban J connectivity index is 1.52. The predicted molar refractivity (Wildman–Crippen MR) is 132 cm³/mol. The van der Waals surface area contributed by atoms with Crippen LogP contribution < -0.4 is 4.74 Å². The topological polar surface area (TPSA) is 62.3 Å². The van der Waals surface area contributed by atoms with Gasteiger partial charge in [-0.15, -0.1) is 0 Å². The minimum absolute atomic E-state index is 0.00332. The highest BCUT2D eigenvalue weighted by atomic mass is 35.5. The standard InChI is InChI=1S/C25H29Cl2N3O4/c1-28-9-11-29(12-10-28)23(31)16-25(18-33-22-4-2-3-21(27)15-22)17-30(13-14-34-25)24(32)19-5-7-20(26)8-6-19/h2-8,15H,9-14,16-18H2,1H3. The van der Waals surface area contributed by atoms with Crippen molar-refractivity contribution in [3.8, 4) is 5.75 Å². The highest BCUT2D eigenvalue weighted by Gasteiger charge is 2.42. The minimum atomic E-state index is -0.969. The Kier molecular flexibility index (Phi) is 7.99. The zero-order valence-electron chi connectivity index (χ0n) is 19.2. The smallest absolute Gasteiger partial charge is 0.254 e. The SMILES string of the molecule is CN1CCN(C(=O)CC2(COc3cccc(Cl)c3)CN(C(=O)c3ccc(Cl)cc3)CCO2)CC1. The summed E-state index contributed by atoms with van der Waals surface area (Å²) in [6.45, 7) is 4.13. The number of amides is 2. The van der Waals surface area contributed by atoms with Crippen molar-refractivity contribution in [3.05, 3.63) is 64.1 Å². The average Bonchev–Trinajstić information content (AvgIpc) is 2.83. The fraction of sp³-hybridized carbons (Fsp3) is 0.440. The van der Waals surface area contributed by atoms with E-state index in [0.29, 0.717) is 47.6 Å². The molecule has 2 aromatic rings. The van der Waals surface area contributed by atoms with Crippen molar-refractivity contribution in [1.29, 1.82) is 0 Å². The molecule has 2 fully saturated rings. The molecule has 0 aliphatic carbocycles. The van der Waals surface area contributed by atoms with Crippen molar-refractivity contribution in [2.75, 3.05) is 59.5 Å². The maximum Gasteiger partial charge on any atom is 0.254 e. The predicted octanol–water partition coefficient (Wildman–Crippen LogP) is 3.45. The van der Waals surface area contributed by atoms with Gasteiger partial charge in [0.25, 0.3) is 5.91 Å². The van der Waals surface area contributed by atoms with E-state index in [9.17, 15) is 9.59 Å². The molecule has 2 amide bonds. The van der Waals surface area contributed by atoms with E-state index in [-0.39, 0.29) is 31.4 Å². The highest BCUT2D eigenvalue weighted by Crippen LogP contribution is 2.27. The Labute approximate surface area is 210 Å². The van der Waals surface area contributed by atoms with Gasteiger partial charge in [0.15, 0.2) is 0 Å². The van der Waals surface area contributed by atoms with Gasteiger partial charge < -0.3 is 24.2 Å². The molecular weight excluding hydrogens is 477 g/mol. The summed E-state index contributed by atoms with van der Waals surface area (Å²) >= 11 is 12.1. The normalized spacial score (nSPS) is 21.4. The van der Waals surface area contributed by atoms with E-state index in [1.807, 2.05) is 11.9 Å². The van der Waals surface area contributed by atoms with Crippen LogP contribution in [0.2, 0.25) is 10.0 Å². The van der Waals surface area contributed by atoms with Crippen molar-refractivity contribution in [1.82, 2.24) is 14.7 Å². The van der Waals surface area contributed by atoms with Gasteiger partial charge in [0, 0.05) is 48.3 Å². The zero-order chi connectivity index (χ0) is 24.1. The monoisotopic (exact) mass is 505 g/mol. The molecule has 2 saturated heterocycles. The van der Waals surface area contributed by atoms with Crippen LogP contribution >= 0.6 is 23.2 Å². The fourth-order valence-corrected chi connectivity index (χ4v) is 4.56. The van der Waals surface area contributed by atoms with Crippen molar-refractivity contribution in [3.63, 3.8) is 0 Å². The second-order valence-corrected chi connectivity index (χ2v) is 9.74. The second kappa shape index (κ2) is 11.0. The van der Waals surface area contributed by atoms with E-state index in [0.717, 1.165) is 13.1 Å².